The Hall–Kier alpha value is -3.10. The topological polar surface area (TPSA) is 61.8 Å². The molecular weight excluding hydrogens is 306 g/mol. The molecule has 0 radical (unpaired) electrons. The lowest BCUT2D eigenvalue weighted by molar-refractivity contribution is 0.475. The summed E-state index contributed by atoms with van der Waals surface area (Å²) < 4.78 is 2.02. The average molecular weight is 317 g/mol. The first kappa shape index (κ1) is 13.6. The molecular formula is C18H11N3OS. The maximum absolute atomic E-state index is 9.69. The smallest absolute Gasteiger partial charge is 0.141 e. The van der Waals surface area contributed by atoms with Gasteiger partial charge in [-0.15, -0.1) is 11.3 Å². The number of nitriles is 1. The van der Waals surface area contributed by atoms with Crippen LogP contribution in [0.3, 0.4) is 0 Å². The van der Waals surface area contributed by atoms with E-state index in [4.69, 9.17) is 0 Å². The summed E-state index contributed by atoms with van der Waals surface area (Å²) in [6, 6.07) is 17.1. The van der Waals surface area contributed by atoms with Gasteiger partial charge >= 0.3 is 0 Å². The monoisotopic (exact) mass is 317 g/mol. The Morgan fingerprint density at radius 1 is 1.09 bits per heavy atom. The summed E-state index contributed by atoms with van der Waals surface area (Å²) in [5, 5.41) is 22.8. The highest BCUT2D eigenvalue weighted by Gasteiger charge is 2.21. The summed E-state index contributed by atoms with van der Waals surface area (Å²) in [5.41, 5.74) is 3.23. The van der Waals surface area contributed by atoms with Crippen LogP contribution in [0.5, 0.6) is 5.75 Å². The number of phenols is 1. The van der Waals surface area contributed by atoms with Gasteiger partial charge in [-0.2, -0.15) is 5.26 Å². The Kier molecular flexibility index (Phi) is 3.11. The summed E-state index contributed by atoms with van der Waals surface area (Å²) >= 11 is 1.50. The van der Waals surface area contributed by atoms with E-state index in [9.17, 15) is 10.4 Å². The number of hydrogen-bond acceptors (Lipinski definition) is 4. The third-order valence-corrected chi connectivity index (χ3v) is 4.51. The molecule has 0 saturated heterocycles. The quantitative estimate of drug-likeness (QED) is 0.598. The van der Waals surface area contributed by atoms with Gasteiger partial charge in [0, 0.05) is 22.7 Å². The number of benzene rings is 2. The van der Waals surface area contributed by atoms with Crippen LogP contribution in [0.2, 0.25) is 0 Å². The minimum Gasteiger partial charge on any atom is -0.508 e. The summed E-state index contributed by atoms with van der Waals surface area (Å²) in [5.74, 6) is 0.210. The lowest BCUT2D eigenvalue weighted by Gasteiger charge is -2.09. The molecule has 0 aliphatic carbocycles. The van der Waals surface area contributed by atoms with E-state index in [0.29, 0.717) is 5.56 Å². The second-order valence-electron chi connectivity index (χ2n) is 5.04. The molecule has 4 aromatic rings. The molecule has 4 nitrogen and oxygen atoms in total. The van der Waals surface area contributed by atoms with E-state index in [0.717, 1.165) is 27.3 Å². The van der Waals surface area contributed by atoms with Crippen LogP contribution in [-0.4, -0.2) is 14.7 Å². The molecule has 0 saturated carbocycles. The molecule has 5 heteroatoms. The second-order valence-corrected chi connectivity index (χ2v) is 5.94. The molecule has 2 aromatic carbocycles. The number of thiazole rings is 1. The fourth-order valence-electron chi connectivity index (χ4n) is 2.77. The van der Waals surface area contributed by atoms with Crippen molar-refractivity contribution in [3.8, 4) is 28.2 Å². The zero-order valence-electron chi connectivity index (χ0n) is 12.0. The van der Waals surface area contributed by atoms with Gasteiger partial charge in [0.05, 0.1) is 11.1 Å². The third kappa shape index (κ3) is 2.08. The fraction of sp³-hybridized carbons (Fsp3) is 0. The number of rotatable bonds is 2. The van der Waals surface area contributed by atoms with Crippen LogP contribution in [0.1, 0.15) is 5.56 Å². The average Bonchev–Trinajstić information content (AvgIpc) is 3.21. The van der Waals surface area contributed by atoms with Crippen molar-refractivity contribution in [2.24, 2.45) is 0 Å². The van der Waals surface area contributed by atoms with Crippen LogP contribution < -0.4 is 0 Å². The zero-order chi connectivity index (χ0) is 15.8. The highest BCUT2D eigenvalue weighted by atomic mass is 32.1. The molecule has 23 heavy (non-hydrogen) atoms. The van der Waals surface area contributed by atoms with Gasteiger partial charge in [-0.1, -0.05) is 18.2 Å². The van der Waals surface area contributed by atoms with Gasteiger partial charge in [0.1, 0.15) is 22.5 Å². The minimum absolute atomic E-state index is 0.210. The summed E-state index contributed by atoms with van der Waals surface area (Å²) in [6.45, 7) is 0. The molecule has 0 unspecified atom stereocenters. The van der Waals surface area contributed by atoms with Crippen molar-refractivity contribution in [1.29, 1.82) is 5.26 Å². The number of para-hydroxylation sites is 1. The van der Waals surface area contributed by atoms with Crippen molar-refractivity contribution in [3.05, 3.63) is 65.7 Å². The summed E-state index contributed by atoms with van der Waals surface area (Å²) in [6.07, 6.45) is 1.74. The molecule has 0 bridgehead atoms. The fourth-order valence-corrected chi connectivity index (χ4v) is 3.44. The van der Waals surface area contributed by atoms with Gasteiger partial charge in [0.25, 0.3) is 0 Å². The largest absolute Gasteiger partial charge is 0.508 e. The molecule has 0 aliphatic rings. The van der Waals surface area contributed by atoms with Crippen LogP contribution in [-0.2, 0) is 0 Å². The van der Waals surface area contributed by atoms with E-state index in [1.807, 2.05) is 46.3 Å². The normalized spacial score (nSPS) is 10.7. The molecule has 2 heterocycles. The first-order chi connectivity index (χ1) is 11.3. The Morgan fingerprint density at radius 3 is 2.57 bits per heavy atom. The third-order valence-electron chi connectivity index (χ3n) is 3.73. The molecule has 4 rings (SSSR count). The standard InChI is InChI=1S/C18H11N3OS/c19-11-15-14-3-1-2-4-16(14)21(12-5-7-13(22)8-6-12)17(15)18-20-9-10-23-18/h1-10,22H. The maximum Gasteiger partial charge on any atom is 0.141 e. The predicted molar refractivity (Wildman–Crippen MR) is 90.8 cm³/mol. The lowest BCUT2D eigenvalue weighted by Crippen LogP contribution is -1.97. The first-order valence-corrected chi connectivity index (χ1v) is 7.90. The molecule has 1 N–H and O–H groups in total. The molecule has 0 atom stereocenters. The van der Waals surface area contributed by atoms with Gasteiger partial charge in [-0.05, 0) is 30.3 Å². The minimum atomic E-state index is 0.210. The number of fused-ring (bicyclic) bond motifs is 1. The summed E-state index contributed by atoms with van der Waals surface area (Å²) in [4.78, 5) is 4.39. The molecule has 0 amide bonds. The van der Waals surface area contributed by atoms with Crippen LogP contribution in [0.4, 0.5) is 0 Å². The van der Waals surface area contributed by atoms with Crippen molar-refractivity contribution in [1.82, 2.24) is 9.55 Å². The predicted octanol–water partition coefficient (Wildman–Crippen LogP) is 4.33. The Balaban J connectivity index is 2.15. The van der Waals surface area contributed by atoms with E-state index in [2.05, 4.69) is 11.1 Å². The highest BCUT2D eigenvalue weighted by Crippen LogP contribution is 2.36. The molecule has 0 fully saturated rings. The van der Waals surface area contributed by atoms with Crippen LogP contribution in [0.25, 0.3) is 27.3 Å². The van der Waals surface area contributed by atoms with Crippen molar-refractivity contribution < 1.29 is 5.11 Å². The van der Waals surface area contributed by atoms with Crippen molar-refractivity contribution in [2.75, 3.05) is 0 Å². The van der Waals surface area contributed by atoms with E-state index in [1.165, 1.54) is 11.3 Å². The van der Waals surface area contributed by atoms with E-state index in [-0.39, 0.29) is 5.75 Å². The molecule has 0 spiro atoms. The SMILES string of the molecule is N#Cc1c(-c2nccs2)n(-c2ccc(O)cc2)c2ccccc12. The van der Waals surface area contributed by atoms with E-state index >= 15 is 0 Å². The molecule has 2 aromatic heterocycles. The zero-order valence-corrected chi connectivity index (χ0v) is 12.8. The van der Waals surface area contributed by atoms with Gasteiger partial charge in [0.2, 0.25) is 0 Å². The number of phenolic OH excluding ortho intramolecular Hbond substituents is 1. The van der Waals surface area contributed by atoms with E-state index in [1.54, 1.807) is 18.3 Å². The Bertz CT molecular complexity index is 1020. The first-order valence-electron chi connectivity index (χ1n) is 7.02. The summed E-state index contributed by atoms with van der Waals surface area (Å²) in [7, 11) is 0. The van der Waals surface area contributed by atoms with Crippen molar-refractivity contribution >= 4 is 22.2 Å². The van der Waals surface area contributed by atoms with Gasteiger partial charge in [0.15, 0.2) is 0 Å². The number of aromatic nitrogens is 2. The van der Waals surface area contributed by atoms with Crippen LogP contribution >= 0.6 is 11.3 Å². The van der Waals surface area contributed by atoms with Crippen LogP contribution in [0, 0.1) is 11.3 Å². The number of aromatic hydroxyl groups is 1. The van der Waals surface area contributed by atoms with E-state index < -0.39 is 0 Å². The van der Waals surface area contributed by atoms with Crippen molar-refractivity contribution in [2.45, 2.75) is 0 Å². The van der Waals surface area contributed by atoms with Crippen LogP contribution in [0.15, 0.2) is 60.1 Å². The Labute approximate surface area is 136 Å². The highest BCUT2D eigenvalue weighted by molar-refractivity contribution is 7.13. The molecule has 0 aliphatic heterocycles. The maximum atomic E-state index is 9.69. The Morgan fingerprint density at radius 2 is 1.87 bits per heavy atom. The lowest BCUT2D eigenvalue weighted by atomic mass is 10.1. The van der Waals surface area contributed by atoms with Crippen molar-refractivity contribution in [3.63, 3.8) is 0 Å². The van der Waals surface area contributed by atoms with Gasteiger partial charge in [-0.3, -0.25) is 0 Å². The van der Waals surface area contributed by atoms with Gasteiger partial charge < -0.3 is 9.67 Å². The van der Waals surface area contributed by atoms with Gasteiger partial charge in [-0.25, -0.2) is 4.98 Å². The molecule has 110 valence electrons. The number of hydrogen-bond donors (Lipinski definition) is 1. The second kappa shape index (κ2) is 5.27. The number of nitrogens with zero attached hydrogens (tertiary/aromatic N) is 3.